The van der Waals surface area contributed by atoms with Gasteiger partial charge in [-0.2, -0.15) is 0 Å². The molecule has 0 radical (unpaired) electrons. The molecule has 1 aliphatic rings. The molecule has 0 spiro atoms. The highest BCUT2D eigenvalue weighted by Crippen LogP contribution is 2.30. The number of halogens is 1. The van der Waals surface area contributed by atoms with Gasteiger partial charge in [0.1, 0.15) is 5.82 Å². The van der Waals surface area contributed by atoms with E-state index >= 15 is 0 Å². The fourth-order valence-electron chi connectivity index (χ4n) is 2.26. The Morgan fingerprint density at radius 1 is 1.38 bits per heavy atom. The van der Waals surface area contributed by atoms with Crippen LogP contribution >= 0.6 is 0 Å². The molecule has 3 heteroatoms. The number of benzene rings is 1. The Labute approximate surface area is 95.1 Å². The van der Waals surface area contributed by atoms with Crippen LogP contribution in [0, 0.1) is 5.82 Å². The summed E-state index contributed by atoms with van der Waals surface area (Å²) in [6.07, 6.45) is 1.97. The van der Waals surface area contributed by atoms with Crippen LogP contribution in [0.3, 0.4) is 0 Å². The van der Waals surface area contributed by atoms with E-state index in [9.17, 15) is 9.18 Å². The average Bonchev–Trinajstić information content (AvgIpc) is 2.58. The molecular weight excluding hydrogens is 205 g/mol. The molecule has 0 atom stereocenters. The van der Waals surface area contributed by atoms with Gasteiger partial charge in [0, 0.05) is 12.1 Å². The van der Waals surface area contributed by atoms with Gasteiger partial charge in [0.25, 0.3) is 5.91 Å². The van der Waals surface area contributed by atoms with Crippen LogP contribution in [0.5, 0.6) is 0 Å². The highest BCUT2D eigenvalue weighted by molar-refractivity contribution is 5.95. The monoisotopic (exact) mass is 221 g/mol. The average molecular weight is 221 g/mol. The van der Waals surface area contributed by atoms with E-state index in [2.05, 4.69) is 0 Å². The molecule has 86 valence electrons. The minimum absolute atomic E-state index is 0.153. The topological polar surface area (TPSA) is 20.3 Å². The van der Waals surface area contributed by atoms with E-state index < -0.39 is 5.82 Å². The number of likely N-dealkylation sites (tertiary alicyclic amines) is 1. The minimum Gasteiger partial charge on any atom is -0.333 e. The van der Waals surface area contributed by atoms with Crippen molar-refractivity contribution in [1.82, 2.24) is 4.90 Å². The maximum Gasteiger partial charge on any atom is 0.257 e. The molecule has 0 unspecified atom stereocenters. The first-order chi connectivity index (χ1) is 7.52. The third-order valence-corrected chi connectivity index (χ3v) is 3.25. The molecule has 16 heavy (non-hydrogen) atoms. The van der Waals surface area contributed by atoms with Crippen molar-refractivity contribution >= 4 is 5.91 Å². The Morgan fingerprint density at radius 2 is 2.06 bits per heavy atom. The second kappa shape index (κ2) is 3.89. The number of carbonyl (C=O) groups excluding carboxylic acids is 1. The van der Waals surface area contributed by atoms with Gasteiger partial charge < -0.3 is 4.90 Å². The minimum atomic E-state index is -0.435. The fraction of sp³-hybridized carbons (Fsp3) is 0.462. The SMILES string of the molecule is CC1(C)CCCN1C(=O)c1ccccc1F. The van der Waals surface area contributed by atoms with Gasteiger partial charge in [-0.05, 0) is 38.8 Å². The van der Waals surface area contributed by atoms with Crippen molar-refractivity contribution in [3.8, 4) is 0 Å². The first-order valence-corrected chi connectivity index (χ1v) is 5.59. The summed E-state index contributed by atoms with van der Waals surface area (Å²) in [5.41, 5.74) is 0.0248. The van der Waals surface area contributed by atoms with E-state index in [4.69, 9.17) is 0 Å². The number of nitrogens with zero attached hydrogens (tertiary/aromatic N) is 1. The molecule has 0 aliphatic carbocycles. The summed E-state index contributed by atoms with van der Waals surface area (Å²) >= 11 is 0. The van der Waals surface area contributed by atoms with Gasteiger partial charge in [-0.25, -0.2) is 4.39 Å². The van der Waals surface area contributed by atoms with Gasteiger partial charge >= 0.3 is 0 Å². The number of carbonyl (C=O) groups is 1. The molecule has 1 saturated heterocycles. The van der Waals surface area contributed by atoms with Gasteiger partial charge in [0.2, 0.25) is 0 Å². The number of amides is 1. The lowest BCUT2D eigenvalue weighted by Gasteiger charge is -2.31. The third kappa shape index (κ3) is 1.82. The van der Waals surface area contributed by atoms with Gasteiger partial charge in [-0.3, -0.25) is 4.79 Å². The predicted molar refractivity (Wildman–Crippen MR) is 60.7 cm³/mol. The van der Waals surface area contributed by atoms with Crippen LogP contribution in [-0.4, -0.2) is 22.9 Å². The zero-order valence-corrected chi connectivity index (χ0v) is 9.66. The van der Waals surface area contributed by atoms with Crippen LogP contribution in [0.15, 0.2) is 24.3 Å². The molecule has 1 fully saturated rings. The third-order valence-electron chi connectivity index (χ3n) is 3.25. The zero-order chi connectivity index (χ0) is 11.8. The van der Waals surface area contributed by atoms with Gasteiger partial charge in [-0.1, -0.05) is 12.1 Å². The lowest BCUT2D eigenvalue weighted by atomic mass is 10.0. The summed E-state index contributed by atoms with van der Waals surface area (Å²) in [6, 6.07) is 6.17. The maximum absolute atomic E-state index is 13.5. The molecule has 1 heterocycles. The Morgan fingerprint density at radius 3 is 2.62 bits per heavy atom. The van der Waals surface area contributed by atoms with Crippen LogP contribution < -0.4 is 0 Å². The van der Waals surface area contributed by atoms with Crippen LogP contribution in [0.25, 0.3) is 0 Å². The molecule has 1 aromatic rings. The first-order valence-electron chi connectivity index (χ1n) is 5.59. The van der Waals surface area contributed by atoms with E-state index in [0.717, 1.165) is 19.4 Å². The largest absolute Gasteiger partial charge is 0.333 e. The van der Waals surface area contributed by atoms with E-state index in [-0.39, 0.29) is 17.0 Å². The van der Waals surface area contributed by atoms with Crippen LogP contribution in [0.1, 0.15) is 37.0 Å². The maximum atomic E-state index is 13.5. The molecule has 1 aliphatic heterocycles. The zero-order valence-electron chi connectivity index (χ0n) is 9.66. The summed E-state index contributed by atoms with van der Waals surface area (Å²) in [5.74, 6) is -0.629. The van der Waals surface area contributed by atoms with E-state index in [1.807, 2.05) is 13.8 Å². The van der Waals surface area contributed by atoms with Crippen molar-refractivity contribution in [3.63, 3.8) is 0 Å². The molecule has 2 nitrogen and oxygen atoms in total. The lowest BCUT2D eigenvalue weighted by Crippen LogP contribution is -2.42. The fourth-order valence-corrected chi connectivity index (χ4v) is 2.26. The van der Waals surface area contributed by atoms with Crippen molar-refractivity contribution in [2.45, 2.75) is 32.2 Å². The Balaban J connectivity index is 2.30. The van der Waals surface area contributed by atoms with Crippen molar-refractivity contribution in [2.24, 2.45) is 0 Å². The van der Waals surface area contributed by atoms with Crippen molar-refractivity contribution in [3.05, 3.63) is 35.6 Å². The van der Waals surface area contributed by atoms with Gasteiger partial charge in [0.05, 0.1) is 5.56 Å². The molecular formula is C13H16FNO. The predicted octanol–water partition coefficient (Wildman–Crippen LogP) is 2.84. The van der Waals surface area contributed by atoms with Crippen LogP contribution in [0.2, 0.25) is 0 Å². The number of hydrogen-bond donors (Lipinski definition) is 0. The van der Waals surface area contributed by atoms with Crippen LogP contribution in [0.4, 0.5) is 4.39 Å². The summed E-state index contributed by atoms with van der Waals surface area (Å²) in [4.78, 5) is 13.9. The molecule has 2 rings (SSSR count). The number of rotatable bonds is 1. The Bertz CT molecular complexity index is 414. The molecule has 0 saturated carbocycles. The lowest BCUT2D eigenvalue weighted by molar-refractivity contribution is 0.0647. The summed E-state index contributed by atoms with van der Waals surface area (Å²) in [7, 11) is 0. The van der Waals surface area contributed by atoms with Crippen molar-refractivity contribution in [1.29, 1.82) is 0 Å². The van der Waals surface area contributed by atoms with Gasteiger partial charge in [-0.15, -0.1) is 0 Å². The quantitative estimate of drug-likeness (QED) is 0.714. The Kier molecular flexibility index (Phi) is 2.70. The van der Waals surface area contributed by atoms with Crippen molar-refractivity contribution < 1.29 is 9.18 Å². The first kappa shape index (κ1) is 11.1. The second-order valence-corrected chi connectivity index (χ2v) is 4.85. The van der Waals surface area contributed by atoms with Crippen LogP contribution in [-0.2, 0) is 0 Å². The molecule has 1 amide bonds. The summed E-state index contributed by atoms with van der Waals surface area (Å²) in [6.45, 7) is 4.78. The molecule has 0 bridgehead atoms. The van der Waals surface area contributed by atoms with E-state index in [1.54, 1.807) is 23.1 Å². The Hall–Kier alpha value is -1.38. The highest BCUT2D eigenvalue weighted by Gasteiger charge is 2.36. The van der Waals surface area contributed by atoms with Crippen molar-refractivity contribution in [2.75, 3.05) is 6.54 Å². The van der Waals surface area contributed by atoms with E-state index in [0.29, 0.717) is 0 Å². The number of hydrogen-bond acceptors (Lipinski definition) is 1. The second-order valence-electron chi connectivity index (χ2n) is 4.85. The normalized spacial score (nSPS) is 18.8. The molecule has 1 aromatic carbocycles. The van der Waals surface area contributed by atoms with E-state index in [1.165, 1.54) is 6.07 Å². The molecule has 0 N–H and O–H groups in total. The summed E-state index contributed by atoms with van der Waals surface area (Å²) < 4.78 is 13.5. The summed E-state index contributed by atoms with van der Waals surface area (Å²) in [5, 5.41) is 0. The highest BCUT2D eigenvalue weighted by atomic mass is 19.1. The standard InChI is InChI=1S/C13H16FNO/c1-13(2)8-5-9-15(13)12(16)10-6-3-4-7-11(10)14/h3-4,6-7H,5,8-9H2,1-2H3. The molecule has 0 aromatic heterocycles. The van der Waals surface area contributed by atoms with Gasteiger partial charge in [0.15, 0.2) is 0 Å². The smallest absolute Gasteiger partial charge is 0.257 e.